The van der Waals surface area contributed by atoms with Crippen LogP contribution in [0.25, 0.3) is 28.0 Å². The van der Waals surface area contributed by atoms with Gasteiger partial charge in [0.2, 0.25) is 0 Å². The van der Waals surface area contributed by atoms with Crippen LogP contribution in [0.5, 0.6) is 0 Å². The van der Waals surface area contributed by atoms with Crippen molar-refractivity contribution in [1.82, 2.24) is 24.5 Å². The predicted octanol–water partition coefficient (Wildman–Crippen LogP) is 7.12. The van der Waals surface area contributed by atoms with Crippen molar-refractivity contribution in [3.8, 4) is 22.4 Å². The van der Waals surface area contributed by atoms with Gasteiger partial charge in [-0.2, -0.15) is 9.61 Å². The lowest BCUT2D eigenvalue weighted by Gasteiger charge is -2.39. The number of nitrogen functional groups attached to an aromatic ring is 1. The van der Waals surface area contributed by atoms with Crippen LogP contribution in [0.4, 0.5) is 5.82 Å². The Labute approximate surface area is 249 Å². The molecule has 42 heavy (non-hydrogen) atoms. The molecule has 0 radical (unpaired) electrons. The Morgan fingerprint density at radius 3 is 2.33 bits per heavy atom. The van der Waals surface area contributed by atoms with Crippen molar-refractivity contribution >= 4 is 29.0 Å². The minimum absolute atomic E-state index is 0.0818. The molecule has 8 heteroatoms. The number of nitrogens with zero attached hydrogens (tertiary/aromatic N) is 5. The summed E-state index contributed by atoms with van der Waals surface area (Å²) in [6, 6.07) is 22.0. The Bertz CT molecular complexity index is 1800. The van der Waals surface area contributed by atoms with Gasteiger partial charge in [-0.15, -0.1) is 0 Å². The Morgan fingerprint density at radius 1 is 0.857 bits per heavy atom. The number of pyridine rings is 1. The maximum atomic E-state index is 13.6. The molecule has 5 aromatic rings. The lowest BCUT2D eigenvalue weighted by molar-refractivity contribution is 0.0569. The van der Waals surface area contributed by atoms with Crippen molar-refractivity contribution in [1.29, 1.82) is 0 Å². The second kappa shape index (κ2) is 9.95. The zero-order valence-electron chi connectivity index (χ0n) is 23.2. The summed E-state index contributed by atoms with van der Waals surface area (Å²) in [5, 5.41) is 5.28. The van der Waals surface area contributed by atoms with E-state index in [1.807, 2.05) is 59.4 Å². The van der Waals surface area contributed by atoms with Crippen molar-refractivity contribution in [3.63, 3.8) is 0 Å². The quantitative estimate of drug-likeness (QED) is 0.241. The molecule has 1 amide bonds. The van der Waals surface area contributed by atoms with E-state index in [-0.39, 0.29) is 23.9 Å². The van der Waals surface area contributed by atoms with Gasteiger partial charge in [0.15, 0.2) is 5.65 Å². The Balaban J connectivity index is 1.15. The number of hydrogen-bond acceptors (Lipinski definition) is 5. The molecule has 1 aliphatic carbocycles. The van der Waals surface area contributed by atoms with Gasteiger partial charge in [-0.3, -0.25) is 9.78 Å². The topological polar surface area (TPSA) is 89.4 Å². The molecule has 3 aliphatic rings. The van der Waals surface area contributed by atoms with E-state index in [0.29, 0.717) is 22.3 Å². The van der Waals surface area contributed by atoms with Crippen LogP contribution in [-0.2, 0) is 0 Å². The molecule has 210 valence electrons. The lowest BCUT2D eigenvalue weighted by atomic mass is 9.84. The number of carbonyl (C=O) groups is 1. The van der Waals surface area contributed by atoms with Crippen LogP contribution in [0.2, 0.25) is 5.02 Å². The molecule has 7 nitrogen and oxygen atoms in total. The first kappa shape index (κ1) is 25.5. The number of benzene rings is 2. The molecule has 2 bridgehead atoms. The minimum Gasteiger partial charge on any atom is -0.383 e. The number of fused-ring (bicyclic) bond motifs is 3. The highest BCUT2D eigenvalue weighted by Gasteiger charge is 2.46. The van der Waals surface area contributed by atoms with E-state index in [0.717, 1.165) is 77.8 Å². The molecule has 2 aliphatic heterocycles. The van der Waals surface area contributed by atoms with Gasteiger partial charge in [-0.25, -0.2) is 4.98 Å². The van der Waals surface area contributed by atoms with Crippen molar-refractivity contribution in [3.05, 3.63) is 101 Å². The summed E-state index contributed by atoms with van der Waals surface area (Å²) in [7, 11) is 0. The highest BCUT2D eigenvalue weighted by molar-refractivity contribution is 6.31. The van der Waals surface area contributed by atoms with Gasteiger partial charge in [0.05, 0.1) is 17.6 Å². The number of amides is 1. The third-order valence-corrected chi connectivity index (χ3v) is 9.54. The van der Waals surface area contributed by atoms with Crippen LogP contribution in [0.15, 0.2) is 79.1 Å². The number of nitrogens with two attached hydrogens (primary N) is 1. The van der Waals surface area contributed by atoms with E-state index in [9.17, 15) is 4.79 Å². The Hall–Kier alpha value is -4.23. The summed E-state index contributed by atoms with van der Waals surface area (Å²) in [5.41, 5.74) is 14.5. The Kier molecular flexibility index (Phi) is 6.03. The standard InChI is InChI=1S/C34H31ClN6O/c35-25-8-4-7-22(15-25)34(42)40-26-12-13-27(40)17-24(16-26)31-30(21-9-10-21)32(36)41-33(39-31)28(19-38-41)23-11-14-29(37-18-23)20-5-2-1-3-6-20/h1-8,11,14-15,18-19,21,24,26-27H,9-10,12-13,16-17,36H2. The van der Waals surface area contributed by atoms with Crippen LogP contribution < -0.4 is 5.73 Å². The summed E-state index contributed by atoms with van der Waals surface area (Å²) < 4.78 is 1.81. The second-order valence-corrected chi connectivity index (χ2v) is 12.4. The fourth-order valence-electron chi connectivity index (χ4n) is 7.19. The van der Waals surface area contributed by atoms with Crippen LogP contribution in [-0.4, -0.2) is 42.5 Å². The molecule has 3 fully saturated rings. The van der Waals surface area contributed by atoms with Crippen LogP contribution in [0.1, 0.15) is 72.0 Å². The zero-order chi connectivity index (χ0) is 28.4. The number of hydrogen-bond donors (Lipinski definition) is 1. The number of carbonyl (C=O) groups excluding carboxylic acids is 1. The maximum absolute atomic E-state index is 13.6. The molecule has 2 atom stereocenters. The van der Waals surface area contributed by atoms with Gasteiger partial charge in [0.25, 0.3) is 5.91 Å². The predicted molar refractivity (Wildman–Crippen MR) is 164 cm³/mol. The fourth-order valence-corrected chi connectivity index (χ4v) is 7.38. The number of halogens is 1. The molecule has 1 saturated carbocycles. The van der Waals surface area contributed by atoms with E-state index in [1.165, 1.54) is 0 Å². The first-order valence-electron chi connectivity index (χ1n) is 14.8. The highest BCUT2D eigenvalue weighted by atomic mass is 35.5. The summed E-state index contributed by atoms with van der Waals surface area (Å²) in [5.74, 6) is 1.45. The third-order valence-electron chi connectivity index (χ3n) is 9.31. The Morgan fingerprint density at radius 2 is 1.64 bits per heavy atom. The van der Waals surface area contributed by atoms with Gasteiger partial charge in [0, 0.05) is 57.0 Å². The molecular weight excluding hydrogens is 544 g/mol. The summed E-state index contributed by atoms with van der Waals surface area (Å²) in [6.07, 6.45) is 9.82. The average molecular weight is 575 g/mol. The number of aromatic nitrogens is 4. The molecule has 0 spiro atoms. The van der Waals surface area contributed by atoms with Crippen LogP contribution >= 0.6 is 11.6 Å². The molecule has 2 saturated heterocycles. The molecule has 2 unspecified atom stereocenters. The van der Waals surface area contributed by atoms with Gasteiger partial charge >= 0.3 is 0 Å². The van der Waals surface area contributed by atoms with Gasteiger partial charge in [0.1, 0.15) is 5.82 Å². The molecule has 2 aromatic carbocycles. The normalized spacial score (nSPS) is 21.6. The lowest BCUT2D eigenvalue weighted by Crippen LogP contribution is -2.46. The van der Waals surface area contributed by atoms with Gasteiger partial charge < -0.3 is 10.6 Å². The average Bonchev–Trinajstić information content (AvgIpc) is 3.71. The smallest absolute Gasteiger partial charge is 0.254 e. The minimum atomic E-state index is 0.0818. The molecule has 3 aromatic heterocycles. The first-order valence-corrected chi connectivity index (χ1v) is 15.2. The third kappa shape index (κ3) is 4.26. The largest absolute Gasteiger partial charge is 0.383 e. The first-order chi connectivity index (χ1) is 20.5. The molecule has 8 rings (SSSR count). The van der Waals surface area contributed by atoms with Crippen LogP contribution in [0.3, 0.4) is 0 Å². The number of rotatable bonds is 5. The van der Waals surface area contributed by atoms with Gasteiger partial charge in [-0.05, 0) is 68.7 Å². The number of anilines is 1. The van der Waals surface area contributed by atoms with E-state index >= 15 is 0 Å². The highest BCUT2D eigenvalue weighted by Crippen LogP contribution is 2.50. The zero-order valence-corrected chi connectivity index (χ0v) is 23.9. The van der Waals surface area contributed by atoms with Crippen molar-refractivity contribution < 1.29 is 4.79 Å². The van der Waals surface area contributed by atoms with E-state index < -0.39 is 0 Å². The second-order valence-electron chi connectivity index (χ2n) is 11.9. The van der Waals surface area contributed by atoms with E-state index in [4.69, 9.17) is 27.3 Å². The number of piperidine rings is 1. The monoisotopic (exact) mass is 574 g/mol. The SMILES string of the molecule is Nc1c(C2CC2)c(C2CC3CCC(C2)N3C(=O)c2cccc(Cl)c2)nc2c(-c3ccc(-c4ccccc4)nc3)cnn12. The van der Waals surface area contributed by atoms with Crippen LogP contribution in [0, 0.1) is 0 Å². The summed E-state index contributed by atoms with van der Waals surface area (Å²) in [4.78, 5) is 25.8. The molecular formula is C34H31ClN6O. The van der Waals surface area contributed by atoms with Crippen molar-refractivity contribution in [2.24, 2.45) is 0 Å². The molecule has 2 N–H and O–H groups in total. The summed E-state index contributed by atoms with van der Waals surface area (Å²) >= 11 is 6.22. The van der Waals surface area contributed by atoms with E-state index in [1.54, 1.807) is 6.07 Å². The fraction of sp³-hybridized carbons (Fsp3) is 0.294. The maximum Gasteiger partial charge on any atom is 0.254 e. The van der Waals surface area contributed by atoms with Crippen molar-refractivity contribution in [2.75, 3.05) is 5.73 Å². The van der Waals surface area contributed by atoms with Gasteiger partial charge in [-0.1, -0.05) is 54.1 Å². The van der Waals surface area contributed by atoms with E-state index in [2.05, 4.69) is 28.2 Å². The van der Waals surface area contributed by atoms with Crippen molar-refractivity contribution in [2.45, 2.75) is 62.4 Å². The summed E-state index contributed by atoms with van der Waals surface area (Å²) in [6.45, 7) is 0. The molecule has 5 heterocycles.